The summed E-state index contributed by atoms with van der Waals surface area (Å²) in [7, 11) is 5.14. The number of carbonyl (C=O) groups is 1. The van der Waals surface area contributed by atoms with Crippen LogP contribution in [-0.4, -0.2) is 54.3 Å². The molecule has 1 aliphatic heterocycles. The second kappa shape index (κ2) is 11.9. The Morgan fingerprint density at radius 3 is 2.69 bits per heavy atom. The third kappa shape index (κ3) is 6.54. The van der Waals surface area contributed by atoms with Crippen LogP contribution in [0.25, 0.3) is 0 Å². The molecule has 1 N–H and O–H groups in total. The number of hydrogen-bond acceptors (Lipinski definition) is 6. The molecule has 0 radical (unpaired) electrons. The number of rotatable bonds is 10. The first-order chi connectivity index (χ1) is 17.4. The number of carbonyl (C=O) groups excluding carboxylic acids is 1. The first-order valence-electron chi connectivity index (χ1n) is 12.0. The smallest absolute Gasteiger partial charge is 0.224 e. The maximum Gasteiger partial charge on any atom is 0.224 e. The number of hydrogen-bond donors (Lipinski definition) is 1. The van der Waals surface area contributed by atoms with Crippen molar-refractivity contribution in [2.75, 3.05) is 33.9 Å². The normalized spacial score (nSPS) is 18.0. The van der Waals surface area contributed by atoms with Crippen molar-refractivity contribution in [2.24, 2.45) is 18.9 Å². The quantitative estimate of drug-likeness (QED) is 0.464. The number of halogens is 1. The van der Waals surface area contributed by atoms with E-state index >= 15 is 0 Å². The molecule has 2 heterocycles. The minimum Gasteiger partial charge on any atom is -0.493 e. The van der Waals surface area contributed by atoms with E-state index in [1.54, 1.807) is 32.5 Å². The van der Waals surface area contributed by atoms with E-state index in [2.05, 4.69) is 15.2 Å². The summed E-state index contributed by atoms with van der Waals surface area (Å²) in [4.78, 5) is 19.9. The van der Waals surface area contributed by atoms with Crippen molar-refractivity contribution < 1.29 is 23.4 Å². The minimum atomic E-state index is -0.333. The SMILES string of the molecule is COc1ccc(CNC(=O)[C@@H]2C[C@H](COc3cccc(F)c3)CN(Cc3nccn3C)C2)cc1OC. The van der Waals surface area contributed by atoms with E-state index in [1.165, 1.54) is 12.1 Å². The fraction of sp³-hybridized carbons (Fsp3) is 0.407. The van der Waals surface area contributed by atoms with Crippen LogP contribution >= 0.6 is 0 Å². The van der Waals surface area contributed by atoms with Gasteiger partial charge in [0, 0.05) is 51.1 Å². The number of likely N-dealkylation sites (tertiary alicyclic amines) is 1. The Hall–Kier alpha value is -3.59. The Bertz CT molecular complexity index is 1170. The van der Waals surface area contributed by atoms with Gasteiger partial charge < -0.3 is 24.1 Å². The molecule has 36 heavy (non-hydrogen) atoms. The zero-order chi connectivity index (χ0) is 25.5. The van der Waals surface area contributed by atoms with Crippen molar-refractivity contribution in [1.29, 1.82) is 0 Å². The van der Waals surface area contributed by atoms with Crippen LogP contribution in [0.15, 0.2) is 54.9 Å². The predicted molar refractivity (Wildman–Crippen MR) is 133 cm³/mol. The van der Waals surface area contributed by atoms with E-state index in [-0.39, 0.29) is 23.6 Å². The number of imidazole rings is 1. The summed E-state index contributed by atoms with van der Waals surface area (Å²) in [5.74, 6) is 2.25. The van der Waals surface area contributed by atoms with Crippen LogP contribution in [0.1, 0.15) is 17.8 Å². The molecule has 4 rings (SSSR count). The highest BCUT2D eigenvalue weighted by Crippen LogP contribution is 2.28. The minimum absolute atomic E-state index is 0.00918. The van der Waals surface area contributed by atoms with Crippen LogP contribution in [-0.2, 0) is 24.9 Å². The first kappa shape index (κ1) is 25.5. The number of aryl methyl sites for hydroxylation is 1. The molecule has 0 aliphatic carbocycles. The van der Waals surface area contributed by atoms with Crippen molar-refractivity contribution in [3.05, 3.63) is 72.1 Å². The van der Waals surface area contributed by atoms with E-state index in [1.807, 2.05) is 36.0 Å². The third-order valence-corrected chi connectivity index (χ3v) is 6.47. The molecule has 0 unspecified atom stereocenters. The highest BCUT2D eigenvalue weighted by Gasteiger charge is 2.32. The van der Waals surface area contributed by atoms with E-state index in [4.69, 9.17) is 14.2 Å². The summed E-state index contributed by atoms with van der Waals surface area (Å²) < 4.78 is 32.1. The number of benzene rings is 2. The van der Waals surface area contributed by atoms with E-state index in [0.717, 1.165) is 17.9 Å². The van der Waals surface area contributed by atoms with E-state index in [9.17, 15) is 9.18 Å². The maximum atomic E-state index is 13.6. The highest BCUT2D eigenvalue weighted by atomic mass is 19.1. The number of amides is 1. The molecule has 2 aromatic carbocycles. The number of aromatic nitrogens is 2. The van der Waals surface area contributed by atoms with Crippen molar-refractivity contribution in [3.8, 4) is 17.2 Å². The van der Waals surface area contributed by atoms with Crippen LogP contribution < -0.4 is 19.5 Å². The van der Waals surface area contributed by atoms with Crippen LogP contribution in [0.2, 0.25) is 0 Å². The molecule has 1 amide bonds. The Balaban J connectivity index is 1.41. The van der Waals surface area contributed by atoms with Gasteiger partial charge in [0.25, 0.3) is 0 Å². The third-order valence-electron chi connectivity index (χ3n) is 6.47. The fourth-order valence-corrected chi connectivity index (χ4v) is 4.59. The molecule has 0 saturated carbocycles. The summed E-state index contributed by atoms with van der Waals surface area (Å²) in [6.45, 7) is 2.82. The van der Waals surface area contributed by atoms with Gasteiger partial charge in [0.15, 0.2) is 11.5 Å². The molecule has 3 aromatic rings. The summed E-state index contributed by atoms with van der Waals surface area (Å²) in [5, 5.41) is 3.08. The van der Waals surface area contributed by atoms with Crippen molar-refractivity contribution in [1.82, 2.24) is 19.8 Å². The van der Waals surface area contributed by atoms with Crippen molar-refractivity contribution >= 4 is 5.91 Å². The maximum absolute atomic E-state index is 13.6. The van der Waals surface area contributed by atoms with Gasteiger partial charge in [-0.15, -0.1) is 0 Å². The summed E-state index contributed by atoms with van der Waals surface area (Å²) in [5.41, 5.74) is 0.924. The zero-order valence-corrected chi connectivity index (χ0v) is 20.9. The second-order valence-corrected chi connectivity index (χ2v) is 9.12. The van der Waals surface area contributed by atoms with Gasteiger partial charge in [0.2, 0.25) is 5.91 Å². The van der Waals surface area contributed by atoms with Gasteiger partial charge in [-0.25, -0.2) is 9.37 Å². The Labute approximate surface area is 211 Å². The predicted octanol–water partition coefficient (Wildman–Crippen LogP) is 3.41. The number of nitrogens with one attached hydrogen (secondary N) is 1. The van der Waals surface area contributed by atoms with Crippen LogP contribution in [0, 0.1) is 17.7 Å². The van der Waals surface area contributed by atoms with Gasteiger partial charge in [-0.1, -0.05) is 12.1 Å². The van der Waals surface area contributed by atoms with Gasteiger partial charge in [-0.05, 0) is 36.2 Å². The van der Waals surface area contributed by atoms with Crippen LogP contribution in [0.3, 0.4) is 0 Å². The summed E-state index contributed by atoms with van der Waals surface area (Å²) in [6.07, 6.45) is 4.37. The molecule has 1 aromatic heterocycles. The molecule has 0 bridgehead atoms. The second-order valence-electron chi connectivity index (χ2n) is 9.12. The largest absolute Gasteiger partial charge is 0.493 e. The van der Waals surface area contributed by atoms with Gasteiger partial charge in [-0.2, -0.15) is 0 Å². The fourth-order valence-electron chi connectivity index (χ4n) is 4.59. The Morgan fingerprint density at radius 2 is 1.97 bits per heavy atom. The number of nitrogens with zero attached hydrogens (tertiary/aromatic N) is 3. The lowest BCUT2D eigenvalue weighted by Gasteiger charge is -2.36. The molecular formula is C27H33FN4O4. The Kier molecular flexibility index (Phi) is 8.43. The molecule has 1 fully saturated rings. The van der Waals surface area contributed by atoms with E-state index in [0.29, 0.717) is 49.9 Å². The number of ether oxygens (including phenoxy) is 3. The lowest BCUT2D eigenvalue weighted by atomic mass is 9.88. The molecule has 192 valence electrons. The molecule has 2 atom stereocenters. The average molecular weight is 497 g/mol. The average Bonchev–Trinajstić information content (AvgIpc) is 3.29. The molecule has 1 aliphatic rings. The summed E-state index contributed by atoms with van der Waals surface area (Å²) in [6, 6.07) is 11.7. The van der Waals surface area contributed by atoms with Gasteiger partial charge in [0.05, 0.1) is 33.3 Å². The molecular weight excluding hydrogens is 463 g/mol. The van der Waals surface area contributed by atoms with E-state index < -0.39 is 0 Å². The Morgan fingerprint density at radius 1 is 1.14 bits per heavy atom. The summed E-state index contributed by atoms with van der Waals surface area (Å²) >= 11 is 0. The topological polar surface area (TPSA) is 77.9 Å². The van der Waals surface area contributed by atoms with Gasteiger partial charge in [-0.3, -0.25) is 9.69 Å². The highest BCUT2D eigenvalue weighted by molar-refractivity contribution is 5.79. The monoisotopic (exact) mass is 496 g/mol. The zero-order valence-electron chi connectivity index (χ0n) is 20.9. The van der Waals surface area contributed by atoms with Gasteiger partial charge in [0.1, 0.15) is 17.4 Å². The number of methoxy groups -OCH3 is 2. The standard InChI is InChI=1S/C27H33FN4O4/c1-31-10-9-29-26(31)17-32-15-20(18-36-23-6-4-5-22(28)13-23)11-21(16-32)27(33)30-14-19-7-8-24(34-2)25(12-19)35-3/h4-10,12-13,20-21H,11,14-18H2,1-3H3,(H,30,33)/t20-,21+/m0/s1. The molecule has 0 spiro atoms. The van der Waals surface area contributed by atoms with Crippen LogP contribution in [0.4, 0.5) is 4.39 Å². The lowest BCUT2D eigenvalue weighted by Crippen LogP contribution is -2.47. The van der Waals surface area contributed by atoms with Gasteiger partial charge >= 0.3 is 0 Å². The number of piperidine rings is 1. The molecule has 8 nitrogen and oxygen atoms in total. The molecule has 9 heteroatoms. The van der Waals surface area contributed by atoms with Crippen LogP contribution in [0.5, 0.6) is 17.2 Å². The first-order valence-corrected chi connectivity index (χ1v) is 12.0. The lowest BCUT2D eigenvalue weighted by molar-refractivity contribution is -0.128. The van der Waals surface area contributed by atoms with Crippen molar-refractivity contribution in [2.45, 2.75) is 19.5 Å². The van der Waals surface area contributed by atoms with Crippen molar-refractivity contribution in [3.63, 3.8) is 0 Å². The molecule has 1 saturated heterocycles.